The molecule has 1 N–H and O–H groups in total. The van der Waals surface area contributed by atoms with Crippen molar-refractivity contribution >= 4 is 43.2 Å². The van der Waals surface area contributed by atoms with Crippen LogP contribution in [0.1, 0.15) is 30.3 Å². The van der Waals surface area contributed by atoms with Crippen molar-refractivity contribution in [3.63, 3.8) is 0 Å². The third kappa shape index (κ3) is 3.85. The predicted molar refractivity (Wildman–Crippen MR) is 92.8 cm³/mol. The first kappa shape index (κ1) is 16.0. The van der Waals surface area contributed by atoms with Crippen LogP contribution in [-0.4, -0.2) is 13.2 Å². The molecule has 0 aliphatic rings. The van der Waals surface area contributed by atoms with Gasteiger partial charge in [-0.25, -0.2) is 0 Å². The minimum atomic E-state index is 0.211. The average Bonchev–Trinajstić information content (AvgIpc) is 2.85. The zero-order valence-corrected chi connectivity index (χ0v) is 15.4. The van der Waals surface area contributed by atoms with Crippen molar-refractivity contribution in [1.29, 1.82) is 0 Å². The van der Waals surface area contributed by atoms with E-state index in [1.165, 1.54) is 10.4 Å². The zero-order chi connectivity index (χ0) is 14.5. The van der Waals surface area contributed by atoms with Crippen molar-refractivity contribution < 1.29 is 4.74 Å². The highest BCUT2D eigenvalue weighted by Crippen LogP contribution is 2.34. The van der Waals surface area contributed by atoms with Gasteiger partial charge in [-0.1, -0.05) is 13.0 Å². The highest BCUT2D eigenvalue weighted by Gasteiger charge is 2.16. The van der Waals surface area contributed by atoms with Crippen LogP contribution in [0, 0.1) is 0 Å². The maximum atomic E-state index is 5.57. The van der Waals surface area contributed by atoms with E-state index in [0.29, 0.717) is 6.61 Å². The van der Waals surface area contributed by atoms with Crippen LogP contribution in [0.5, 0.6) is 5.75 Å². The van der Waals surface area contributed by atoms with Crippen LogP contribution in [0.2, 0.25) is 0 Å². The second-order valence-corrected chi connectivity index (χ2v) is 7.60. The molecule has 1 unspecified atom stereocenters. The zero-order valence-electron chi connectivity index (χ0n) is 11.5. The molecule has 0 spiro atoms. The predicted octanol–water partition coefficient (Wildman–Crippen LogP) is 5.37. The van der Waals surface area contributed by atoms with Crippen LogP contribution < -0.4 is 10.1 Å². The number of benzene rings is 1. The van der Waals surface area contributed by atoms with Gasteiger partial charge in [-0.2, -0.15) is 0 Å². The molecule has 0 aliphatic heterocycles. The van der Waals surface area contributed by atoms with Gasteiger partial charge in [0.15, 0.2) is 0 Å². The molecule has 0 amide bonds. The lowest BCUT2D eigenvalue weighted by Crippen LogP contribution is -2.21. The molecule has 5 heteroatoms. The van der Waals surface area contributed by atoms with Crippen LogP contribution in [-0.2, 0) is 0 Å². The van der Waals surface area contributed by atoms with E-state index in [0.717, 1.165) is 20.6 Å². The minimum Gasteiger partial charge on any atom is -0.493 e. The summed E-state index contributed by atoms with van der Waals surface area (Å²) in [7, 11) is 0. The Balaban J connectivity index is 2.32. The number of ether oxygens (including phenoxy) is 1. The summed E-state index contributed by atoms with van der Waals surface area (Å²) in [6.45, 7) is 5.71. The van der Waals surface area contributed by atoms with E-state index in [9.17, 15) is 0 Å². The fourth-order valence-electron chi connectivity index (χ4n) is 2.04. The van der Waals surface area contributed by atoms with Crippen molar-refractivity contribution in [2.45, 2.75) is 19.9 Å². The number of nitrogens with one attached hydrogen (secondary N) is 1. The Morgan fingerprint density at radius 3 is 2.55 bits per heavy atom. The number of rotatable bonds is 6. The lowest BCUT2D eigenvalue weighted by Gasteiger charge is -2.18. The van der Waals surface area contributed by atoms with Gasteiger partial charge in [0, 0.05) is 4.88 Å². The number of hydrogen-bond donors (Lipinski definition) is 1. The average molecular weight is 419 g/mol. The topological polar surface area (TPSA) is 21.3 Å². The van der Waals surface area contributed by atoms with Crippen molar-refractivity contribution in [3.05, 3.63) is 49.0 Å². The lowest BCUT2D eigenvalue weighted by molar-refractivity contribution is 0.338. The number of thiophene rings is 1. The molecule has 2 nitrogen and oxygen atoms in total. The van der Waals surface area contributed by atoms with E-state index in [4.69, 9.17) is 4.74 Å². The molecule has 0 aliphatic carbocycles. The first-order valence-corrected chi connectivity index (χ1v) is 8.96. The fourth-order valence-corrected chi connectivity index (χ4v) is 4.08. The molecule has 1 atom stereocenters. The third-order valence-electron chi connectivity index (χ3n) is 2.88. The Hall–Kier alpha value is -0.360. The van der Waals surface area contributed by atoms with Crippen LogP contribution in [0.25, 0.3) is 0 Å². The van der Waals surface area contributed by atoms with Gasteiger partial charge in [-0.3, -0.25) is 0 Å². The largest absolute Gasteiger partial charge is 0.493 e. The van der Waals surface area contributed by atoms with Gasteiger partial charge in [0.25, 0.3) is 0 Å². The molecule has 20 heavy (non-hydrogen) atoms. The summed E-state index contributed by atoms with van der Waals surface area (Å²) < 4.78 is 7.72. The number of halogens is 2. The molecule has 108 valence electrons. The first-order valence-electron chi connectivity index (χ1n) is 6.56. The molecule has 1 aromatic carbocycles. The Morgan fingerprint density at radius 2 is 2.00 bits per heavy atom. The fraction of sp³-hybridized carbons (Fsp3) is 0.333. The molecule has 0 saturated carbocycles. The Morgan fingerprint density at radius 1 is 1.20 bits per heavy atom. The summed E-state index contributed by atoms with van der Waals surface area (Å²) in [6, 6.07) is 10.7. The van der Waals surface area contributed by atoms with Crippen molar-refractivity contribution in [3.8, 4) is 5.75 Å². The van der Waals surface area contributed by atoms with Gasteiger partial charge in [0.05, 0.1) is 20.9 Å². The quantitative estimate of drug-likeness (QED) is 0.680. The highest BCUT2D eigenvalue weighted by molar-refractivity contribution is 9.11. The van der Waals surface area contributed by atoms with Crippen LogP contribution in [0.15, 0.2) is 38.6 Å². The number of hydrogen-bond acceptors (Lipinski definition) is 3. The Kier molecular flexibility index (Phi) is 6.08. The molecule has 0 fully saturated rings. The maximum absolute atomic E-state index is 5.57. The Bertz CT molecular complexity index is 571. The SMILES string of the molecule is CCNC(c1ccc(OCC)c(Br)c1)c1ccc(Br)s1. The molecule has 0 radical (unpaired) electrons. The van der Waals surface area contributed by atoms with E-state index < -0.39 is 0 Å². The summed E-state index contributed by atoms with van der Waals surface area (Å²) in [5.41, 5.74) is 1.23. The monoisotopic (exact) mass is 417 g/mol. The van der Waals surface area contributed by atoms with Gasteiger partial charge in [0.2, 0.25) is 0 Å². The molecule has 1 aromatic heterocycles. The second kappa shape index (κ2) is 7.59. The standard InChI is InChI=1S/C15H17Br2NOS/c1-3-18-15(13-7-8-14(17)20-13)10-5-6-12(19-4-2)11(16)9-10/h5-9,15,18H,3-4H2,1-2H3. The van der Waals surface area contributed by atoms with E-state index in [-0.39, 0.29) is 6.04 Å². The van der Waals surface area contributed by atoms with Crippen molar-refractivity contribution in [2.24, 2.45) is 0 Å². The molecule has 2 rings (SSSR count). The molecule has 1 heterocycles. The van der Waals surface area contributed by atoms with E-state index in [2.05, 4.69) is 68.4 Å². The van der Waals surface area contributed by atoms with E-state index in [1.807, 2.05) is 13.0 Å². The van der Waals surface area contributed by atoms with Crippen molar-refractivity contribution in [1.82, 2.24) is 5.32 Å². The highest BCUT2D eigenvalue weighted by atomic mass is 79.9. The summed E-state index contributed by atoms with van der Waals surface area (Å²) in [4.78, 5) is 1.30. The molecule has 2 aromatic rings. The van der Waals surface area contributed by atoms with Crippen molar-refractivity contribution in [2.75, 3.05) is 13.2 Å². The van der Waals surface area contributed by atoms with Gasteiger partial charge in [-0.05, 0) is 75.2 Å². The van der Waals surface area contributed by atoms with E-state index >= 15 is 0 Å². The van der Waals surface area contributed by atoms with Gasteiger partial charge in [-0.15, -0.1) is 11.3 Å². The van der Waals surface area contributed by atoms with Gasteiger partial charge < -0.3 is 10.1 Å². The lowest BCUT2D eigenvalue weighted by atomic mass is 10.1. The Labute approximate surface area is 140 Å². The summed E-state index contributed by atoms with van der Waals surface area (Å²) >= 11 is 8.88. The van der Waals surface area contributed by atoms with Crippen LogP contribution >= 0.6 is 43.2 Å². The minimum absolute atomic E-state index is 0.211. The summed E-state index contributed by atoms with van der Waals surface area (Å²) in [5, 5.41) is 3.54. The van der Waals surface area contributed by atoms with Gasteiger partial charge >= 0.3 is 0 Å². The molecular weight excluding hydrogens is 402 g/mol. The van der Waals surface area contributed by atoms with Crippen LogP contribution in [0.4, 0.5) is 0 Å². The normalized spacial score (nSPS) is 12.4. The summed E-state index contributed by atoms with van der Waals surface area (Å²) in [5.74, 6) is 0.888. The second-order valence-electron chi connectivity index (χ2n) is 4.26. The van der Waals surface area contributed by atoms with Gasteiger partial charge in [0.1, 0.15) is 5.75 Å². The molecule has 0 saturated heterocycles. The summed E-state index contributed by atoms with van der Waals surface area (Å²) in [6.07, 6.45) is 0. The smallest absolute Gasteiger partial charge is 0.133 e. The first-order chi connectivity index (χ1) is 9.65. The molecular formula is C15H17Br2NOS. The third-order valence-corrected chi connectivity index (χ3v) is 5.18. The maximum Gasteiger partial charge on any atom is 0.133 e. The van der Waals surface area contributed by atoms with Crippen LogP contribution in [0.3, 0.4) is 0 Å². The van der Waals surface area contributed by atoms with E-state index in [1.54, 1.807) is 11.3 Å². The molecule has 0 bridgehead atoms.